The highest BCUT2D eigenvalue weighted by atomic mass is 35.5. The molecule has 0 bridgehead atoms. The van der Waals surface area contributed by atoms with E-state index in [0.717, 1.165) is 11.3 Å². The third kappa shape index (κ3) is 2.55. The van der Waals surface area contributed by atoms with Gasteiger partial charge in [-0.3, -0.25) is 5.10 Å². The van der Waals surface area contributed by atoms with Crippen molar-refractivity contribution in [3.8, 4) is 0 Å². The SMILES string of the molecule is O=S(=O)(NCc1ncn[nH]1)c1cnc(Cl)s1. The average Bonchev–Trinajstić information content (AvgIpc) is 2.85. The van der Waals surface area contributed by atoms with Crippen LogP contribution >= 0.6 is 22.9 Å². The van der Waals surface area contributed by atoms with E-state index in [1.807, 2.05) is 0 Å². The second kappa shape index (κ2) is 4.45. The molecule has 7 nitrogen and oxygen atoms in total. The summed E-state index contributed by atoms with van der Waals surface area (Å²) in [4.78, 5) is 7.44. The van der Waals surface area contributed by atoms with Gasteiger partial charge in [0.25, 0.3) is 10.0 Å². The molecule has 0 fully saturated rings. The van der Waals surface area contributed by atoms with E-state index in [0.29, 0.717) is 5.82 Å². The molecule has 2 heterocycles. The molecule has 0 amide bonds. The first-order chi connectivity index (χ1) is 7.58. The number of hydrogen-bond acceptors (Lipinski definition) is 6. The van der Waals surface area contributed by atoms with Crippen LogP contribution in [0.1, 0.15) is 5.82 Å². The lowest BCUT2D eigenvalue weighted by molar-refractivity contribution is 0.581. The molecule has 16 heavy (non-hydrogen) atoms. The van der Waals surface area contributed by atoms with Gasteiger partial charge in [-0.05, 0) is 0 Å². The maximum absolute atomic E-state index is 11.7. The molecule has 0 spiro atoms. The van der Waals surface area contributed by atoms with Gasteiger partial charge in [-0.1, -0.05) is 22.9 Å². The van der Waals surface area contributed by atoms with Crippen molar-refractivity contribution in [2.45, 2.75) is 10.8 Å². The van der Waals surface area contributed by atoms with Gasteiger partial charge in [0.2, 0.25) is 0 Å². The summed E-state index contributed by atoms with van der Waals surface area (Å²) in [7, 11) is -3.58. The van der Waals surface area contributed by atoms with Crippen LogP contribution in [0, 0.1) is 0 Å². The minimum Gasteiger partial charge on any atom is -0.262 e. The molecule has 0 saturated heterocycles. The maximum Gasteiger partial charge on any atom is 0.252 e. The normalized spacial score (nSPS) is 11.8. The van der Waals surface area contributed by atoms with Crippen LogP contribution in [-0.2, 0) is 16.6 Å². The summed E-state index contributed by atoms with van der Waals surface area (Å²) in [6, 6.07) is 0. The Balaban J connectivity index is 2.09. The molecular formula is C6H6ClN5O2S2. The van der Waals surface area contributed by atoms with Crippen LogP contribution in [0.3, 0.4) is 0 Å². The molecule has 0 radical (unpaired) electrons. The molecule has 0 saturated carbocycles. The van der Waals surface area contributed by atoms with E-state index in [9.17, 15) is 8.42 Å². The highest BCUT2D eigenvalue weighted by Gasteiger charge is 2.17. The fraction of sp³-hybridized carbons (Fsp3) is 0.167. The van der Waals surface area contributed by atoms with Crippen LogP contribution in [0.2, 0.25) is 4.47 Å². The number of hydrogen-bond donors (Lipinski definition) is 2. The molecule has 2 aromatic rings. The van der Waals surface area contributed by atoms with Crippen molar-refractivity contribution in [2.75, 3.05) is 0 Å². The van der Waals surface area contributed by atoms with Gasteiger partial charge in [-0.15, -0.1) is 0 Å². The van der Waals surface area contributed by atoms with Gasteiger partial charge in [0, 0.05) is 0 Å². The van der Waals surface area contributed by atoms with Crippen LogP contribution in [0.4, 0.5) is 0 Å². The van der Waals surface area contributed by atoms with Crippen molar-refractivity contribution in [3.05, 3.63) is 22.8 Å². The summed E-state index contributed by atoms with van der Waals surface area (Å²) < 4.78 is 25.9. The summed E-state index contributed by atoms with van der Waals surface area (Å²) >= 11 is 6.44. The Morgan fingerprint density at radius 2 is 2.31 bits per heavy atom. The fourth-order valence-corrected chi connectivity index (χ4v) is 3.24. The molecule has 2 aromatic heterocycles. The highest BCUT2D eigenvalue weighted by molar-refractivity contribution is 7.91. The molecule has 10 heteroatoms. The minimum atomic E-state index is -3.58. The van der Waals surface area contributed by atoms with E-state index in [4.69, 9.17) is 11.6 Å². The van der Waals surface area contributed by atoms with E-state index in [2.05, 4.69) is 24.9 Å². The Kier molecular flexibility index (Phi) is 3.19. The standard InChI is InChI=1S/C6H6ClN5O2S2/c7-6-8-2-5(15-6)16(13,14)11-1-4-9-3-10-12-4/h2-3,11H,1H2,(H,9,10,12). The second-order valence-corrected chi connectivity index (χ2v) is 6.30. The topological polar surface area (TPSA) is 101 Å². The van der Waals surface area contributed by atoms with Crippen molar-refractivity contribution < 1.29 is 8.42 Å². The average molecular weight is 280 g/mol. The molecule has 0 atom stereocenters. The predicted octanol–water partition coefficient (Wildman–Crippen LogP) is 0.393. The van der Waals surface area contributed by atoms with E-state index in [1.54, 1.807) is 0 Å². The zero-order chi connectivity index (χ0) is 11.6. The van der Waals surface area contributed by atoms with Crippen LogP contribution in [0.5, 0.6) is 0 Å². The third-order valence-corrected chi connectivity index (χ3v) is 4.59. The van der Waals surface area contributed by atoms with Crippen LogP contribution in [0.25, 0.3) is 0 Å². The number of H-pyrrole nitrogens is 1. The number of thiazole rings is 1. The van der Waals surface area contributed by atoms with Gasteiger partial charge in [0.1, 0.15) is 12.2 Å². The first-order valence-corrected chi connectivity index (χ1v) is 6.71. The maximum atomic E-state index is 11.7. The Bertz CT molecular complexity index is 564. The quantitative estimate of drug-likeness (QED) is 0.843. The number of rotatable bonds is 4. The van der Waals surface area contributed by atoms with Gasteiger partial charge in [-0.2, -0.15) is 5.10 Å². The third-order valence-electron chi connectivity index (χ3n) is 1.62. The van der Waals surface area contributed by atoms with Gasteiger partial charge < -0.3 is 0 Å². The number of halogens is 1. The lowest BCUT2D eigenvalue weighted by atomic mass is 10.6. The zero-order valence-electron chi connectivity index (χ0n) is 7.71. The summed E-state index contributed by atoms with van der Waals surface area (Å²) in [5.74, 6) is 0.430. The molecule has 2 rings (SSSR count). The first kappa shape index (κ1) is 11.5. The Hall–Kier alpha value is -1.03. The molecule has 0 aliphatic heterocycles. The zero-order valence-corrected chi connectivity index (χ0v) is 10.1. The smallest absolute Gasteiger partial charge is 0.252 e. The van der Waals surface area contributed by atoms with Crippen LogP contribution < -0.4 is 4.72 Å². The first-order valence-electron chi connectivity index (χ1n) is 4.03. The number of aromatic nitrogens is 4. The summed E-state index contributed by atoms with van der Waals surface area (Å²) in [6.07, 6.45) is 2.50. The molecule has 0 unspecified atom stereocenters. The molecule has 0 aliphatic carbocycles. The van der Waals surface area contributed by atoms with Crippen LogP contribution in [0.15, 0.2) is 16.7 Å². The largest absolute Gasteiger partial charge is 0.262 e. The Morgan fingerprint density at radius 3 is 2.88 bits per heavy atom. The van der Waals surface area contributed by atoms with E-state index in [-0.39, 0.29) is 15.2 Å². The van der Waals surface area contributed by atoms with Crippen molar-refractivity contribution >= 4 is 33.0 Å². The van der Waals surface area contributed by atoms with E-state index in [1.165, 1.54) is 12.5 Å². The fourth-order valence-electron chi connectivity index (χ4n) is 0.914. The molecule has 0 aliphatic rings. The second-order valence-electron chi connectivity index (χ2n) is 2.69. The van der Waals surface area contributed by atoms with E-state index >= 15 is 0 Å². The number of nitrogens with zero attached hydrogens (tertiary/aromatic N) is 3. The summed E-state index contributed by atoms with van der Waals surface area (Å²) in [6.45, 7) is 0.0395. The lowest BCUT2D eigenvalue weighted by Crippen LogP contribution is -2.23. The predicted molar refractivity (Wildman–Crippen MR) is 57.5 cm³/mol. The van der Waals surface area contributed by atoms with E-state index < -0.39 is 10.0 Å². The minimum absolute atomic E-state index is 0.0395. The summed E-state index contributed by atoms with van der Waals surface area (Å²) in [5, 5.41) is 6.14. The number of sulfonamides is 1. The highest BCUT2D eigenvalue weighted by Crippen LogP contribution is 2.22. The summed E-state index contributed by atoms with van der Waals surface area (Å²) in [5.41, 5.74) is 0. The van der Waals surface area contributed by atoms with Gasteiger partial charge in [0.15, 0.2) is 8.68 Å². The molecular weight excluding hydrogens is 274 g/mol. The lowest BCUT2D eigenvalue weighted by Gasteiger charge is -2.00. The van der Waals surface area contributed by atoms with Gasteiger partial charge in [0.05, 0.1) is 12.7 Å². The number of aromatic amines is 1. The Labute approximate surface area is 99.9 Å². The number of nitrogens with one attached hydrogen (secondary N) is 2. The van der Waals surface area contributed by atoms with Crippen molar-refractivity contribution in [1.82, 2.24) is 24.9 Å². The van der Waals surface area contributed by atoms with Crippen LogP contribution in [-0.4, -0.2) is 28.6 Å². The molecule has 2 N–H and O–H groups in total. The molecule has 0 aromatic carbocycles. The Morgan fingerprint density at radius 1 is 1.50 bits per heavy atom. The van der Waals surface area contributed by atoms with Crippen molar-refractivity contribution in [2.24, 2.45) is 0 Å². The molecule has 86 valence electrons. The monoisotopic (exact) mass is 279 g/mol. The van der Waals surface area contributed by atoms with Gasteiger partial charge in [-0.25, -0.2) is 23.1 Å². The van der Waals surface area contributed by atoms with Gasteiger partial charge >= 0.3 is 0 Å². The van der Waals surface area contributed by atoms with Crippen molar-refractivity contribution in [1.29, 1.82) is 0 Å². The van der Waals surface area contributed by atoms with Crippen molar-refractivity contribution in [3.63, 3.8) is 0 Å².